The fourth-order valence-corrected chi connectivity index (χ4v) is 4.94. The van der Waals surface area contributed by atoms with E-state index in [-0.39, 0.29) is 17.7 Å². The fraction of sp³-hybridized carbons (Fsp3) is 0.444. The summed E-state index contributed by atoms with van der Waals surface area (Å²) < 4.78 is 10.5. The second-order valence-electron chi connectivity index (χ2n) is 9.00. The van der Waals surface area contributed by atoms with Crippen LogP contribution in [0.15, 0.2) is 48.5 Å². The van der Waals surface area contributed by atoms with Crippen LogP contribution in [-0.2, 0) is 16.1 Å². The van der Waals surface area contributed by atoms with Crippen molar-refractivity contribution in [1.82, 2.24) is 15.1 Å². The second-order valence-corrected chi connectivity index (χ2v) is 9.00. The van der Waals surface area contributed by atoms with Gasteiger partial charge in [-0.05, 0) is 68.0 Å². The minimum atomic E-state index is -0.561. The predicted molar refractivity (Wildman–Crippen MR) is 131 cm³/mol. The van der Waals surface area contributed by atoms with E-state index in [9.17, 15) is 14.4 Å². The average Bonchev–Trinajstić information content (AvgIpc) is 3.41. The topological polar surface area (TPSA) is 88.2 Å². The first kappa shape index (κ1) is 24.6. The van der Waals surface area contributed by atoms with Gasteiger partial charge < -0.3 is 24.6 Å². The van der Waals surface area contributed by atoms with Crippen LogP contribution in [0.25, 0.3) is 0 Å². The molecule has 2 fully saturated rings. The Morgan fingerprint density at radius 3 is 2.31 bits per heavy atom. The van der Waals surface area contributed by atoms with Crippen molar-refractivity contribution in [2.24, 2.45) is 0 Å². The molecule has 0 bridgehead atoms. The van der Waals surface area contributed by atoms with Crippen LogP contribution < -0.4 is 14.8 Å². The molecular formula is C27H33N3O5. The van der Waals surface area contributed by atoms with E-state index in [1.54, 1.807) is 48.3 Å². The SMILES string of the molecule is COc1cccc(CNC(=O)[C@@H]2CCCN2C(=O)[C@H]2CCCCN2C(=O)c2cccc(OC)c2)c1. The summed E-state index contributed by atoms with van der Waals surface area (Å²) in [6.07, 6.45) is 3.71. The molecule has 0 unspecified atom stereocenters. The number of nitrogens with one attached hydrogen (secondary N) is 1. The maximum atomic E-state index is 13.7. The molecule has 2 atom stereocenters. The minimum absolute atomic E-state index is 0.139. The van der Waals surface area contributed by atoms with Gasteiger partial charge in [0.2, 0.25) is 11.8 Å². The van der Waals surface area contributed by atoms with Gasteiger partial charge in [-0.15, -0.1) is 0 Å². The second kappa shape index (κ2) is 11.3. The number of rotatable bonds is 7. The highest BCUT2D eigenvalue weighted by molar-refractivity contribution is 5.99. The van der Waals surface area contributed by atoms with Gasteiger partial charge in [-0.25, -0.2) is 0 Å². The Morgan fingerprint density at radius 2 is 1.54 bits per heavy atom. The number of ether oxygens (including phenoxy) is 2. The Morgan fingerprint density at radius 1 is 0.857 bits per heavy atom. The molecular weight excluding hydrogens is 446 g/mol. The molecule has 4 rings (SSSR count). The first-order chi connectivity index (χ1) is 17.0. The largest absolute Gasteiger partial charge is 0.497 e. The van der Waals surface area contributed by atoms with Gasteiger partial charge in [0.25, 0.3) is 5.91 Å². The number of methoxy groups -OCH3 is 2. The molecule has 0 radical (unpaired) electrons. The molecule has 0 aliphatic carbocycles. The summed E-state index contributed by atoms with van der Waals surface area (Å²) >= 11 is 0. The zero-order valence-electron chi connectivity index (χ0n) is 20.4. The van der Waals surface area contributed by atoms with Crippen molar-refractivity contribution >= 4 is 17.7 Å². The van der Waals surface area contributed by atoms with Crippen molar-refractivity contribution in [2.75, 3.05) is 27.3 Å². The molecule has 2 saturated heterocycles. The summed E-state index contributed by atoms with van der Waals surface area (Å²) in [6, 6.07) is 13.4. The summed E-state index contributed by atoms with van der Waals surface area (Å²) in [5, 5.41) is 2.97. The lowest BCUT2D eigenvalue weighted by atomic mass is 9.99. The average molecular weight is 480 g/mol. The molecule has 2 aromatic rings. The van der Waals surface area contributed by atoms with Gasteiger partial charge in [0.15, 0.2) is 0 Å². The van der Waals surface area contributed by atoms with Crippen molar-refractivity contribution in [2.45, 2.75) is 50.7 Å². The molecule has 186 valence electrons. The van der Waals surface area contributed by atoms with Gasteiger partial charge in [-0.1, -0.05) is 18.2 Å². The summed E-state index contributed by atoms with van der Waals surface area (Å²) in [7, 11) is 3.16. The number of benzene rings is 2. The van der Waals surface area contributed by atoms with E-state index in [1.165, 1.54) is 0 Å². The molecule has 0 aromatic heterocycles. The molecule has 1 N–H and O–H groups in total. The number of hydrogen-bond donors (Lipinski definition) is 1. The Hall–Kier alpha value is -3.55. The molecule has 8 heteroatoms. The molecule has 35 heavy (non-hydrogen) atoms. The van der Waals surface area contributed by atoms with Crippen LogP contribution in [0.5, 0.6) is 11.5 Å². The Balaban J connectivity index is 1.44. The molecule has 2 heterocycles. The third kappa shape index (κ3) is 5.58. The van der Waals surface area contributed by atoms with Gasteiger partial charge in [0.1, 0.15) is 23.6 Å². The standard InChI is InChI=1S/C27H33N3O5/c1-34-21-10-5-8-19(16-21)18-28-25(31)23-13-7-15-29(23)27(33)24-12-3-4-14-30(24)26(32)20-9-6-11-22(17-20)35-2/h5-6,8-11,16-17,23-24H,3-4,7,12-15,18H2,1-2H3,(H,28,31)/t23-,24+/m0/s1. The highest BCUT2D eigenvalue weighted by Crippen LogP contribution is 2.27. The summed E-state index contributed by atoms with van der Waals surface area (Å²) in [5.41, 5.74) is 1.42. The van der Waals surface area contributed by atoms with Crippen molar-refractivity contribution in [3.05, 3.63) is 59.7 Å². The van der Waals surface area contributed by atoms with Crippen molar-refractivity contribution in [3.8, 4) is 11.5 Å². The van der Waals surface area contributed by atoms with E-state index in [0.29, 0.717) is 43.8 Å². The van der Waals surface area contributed by atoms with Crippen LogP contribution in [0, 0.1) is 0 Å². The van der Waals surface area contributed by atoms with Gasteiger partial charge in [-0.3, -0.25) is 14.4 Å². The monoisotopic (exact) mass is 479 g/mol. The molecule has 2 aromatic carbocycles. The lowest BCUT2D eigenvalue weighted by Crippen LogP contribution is -2.56. The Labute approximate surface area is 206 Å². The summed E-state index contributed by atoms with van der Waals surface area (Å²) in [4.78, 5) is 43.4. The van der Waals surface area contributed by atoms with E-state index in [2.05, 4.69) is 5.32 Å². The minimum Gasteiger partial charge on any atom is -0.497 e. The molecule has 0 spiro atoms. The number of nitrogens with zero attached hydrogens (tertiary/aromatic N) is 2. The maximum absolute atomic E-state index is 13.7. The summed E-state index contributed by atoms with van der Waals surface area (Å²) in [5.74, 6) is 0.843. The van der Waals surface area contributed by atoms with Crippen molar-refractivity contribution in [1.29, 1.82) is 0 Å². The first-order valence-corrected chi connectivity index (χ1v) is 12.2. The predicted octanol–water partition coefficient (Wildman–Crippen LogP) is 3.01. The van der Waals surface area contributed by atoms with E-state index in [1.807, 2.05) is 24.3 Å². The van der Waals surface area contributed by atoms with Gasteiger partial charge >= 0.3 is 0 Å². The quantitative estimate of drug-likeness (QED) is 0.660. The fourth-order valence-electron chi connectivity index (χ4n) is 4.94. The van der Waals surface area contributed by atoms with Crippen LogP contribution in [0.3, 0.4) is 0 Å². The number of amides is 3. The number of carbonyl (C=O) groups is 3. The first-order valence-electron chi connectivity index (χ1n) is 12.2. The van der Waals surface area contributed by atoms with Crippen LogP contribution in [0.4, 0.5) is 0 Å². The third-order valence-electron chi connectivity index (χ3n) is 6.80. The van der Waals surface area contributed by atoms with E-state index >= 15 is 0 Å². The number of carbonyl (C=O) groups excluding carboxylic acids is 3. The zero-order chi connectivity index (χ0) is 24.8. The lowest BCUT2D eigenvalue weighted by Gasteiger charge is -2.38. The smallest absolute Gasteiger partial charge is 0.254 e. The number of hydrogen-bond acceptors (Lipinski definition) is 5. The van der Waals surface area contributed by atoms with Crippen LogP contribution in [-0.4, -0.2) is 66.9 Å². The lowest BCUT2D eigenvalue weighted by molar-refractivity contribution is -0.142. The molecule has 2 aliphatic heterocycles. The normalized spacial score (nSPS) is 19.8. The number of likely N-dealkylation sites (tertiary alicyclic amines) is 2. The van der Waals surface area contributed by atoms with Crippen LogP contribution >= 0.6 is 0 Å². The molecule has 8 nitrogen and oxygen atoms in total. The van der Waals surface area contributed by atoms with Gasteiger partial charge in [0.05, 0.1) is 14.2 Å². The Kier molecular flexibility index (Phi) is 7.90. The van der Waals surface area contributed by atoms with E-state index < -0.39 is 12.1 Å². The van der Waals surface area contributed by atoms with Crippen LogP contribution in [0.2, 0.25) is 0 Å². The Bertz CT molecular complexity index is 1070. The van der Waals surface area contributed by atoms with Gasteiger partial charge in [0, 0.05) is 25.2 Å². The van der Waals surface area contributed by atoms with Crippen LogP contribution in [0.1, 0.15) is 48.0 Å². The summed E-state index contributed by atoms with van der Waals surface area (Å²) in [6.45, 7) is 1.40. The third-order valence-corrected chi connectivity index (χ3v) is 6.80. The molecule has 2 aliphatic rings. The highest BCUT2D eigenvalue weighted by Gasteiger charge is 2.41. The van der Waals surface area contributed by atoms with Gasteiger partial charge in [-0.2, -0.15) is 0 Å². The maximum Gasteiger partial charge on any atom is 0.254 e. The van der Waals surface area contributed by atoms with E-state index in [4.69, 9.17) is 9.47 Å². The molecule has 3 amide bonds. The van der Waals surface area contributed by atoms with E-state index in [0.717, 1.165) is 30.6 Å². The van der Waals surface area contributed by atoms with Crippen molar-refractivity contribution < 1.29 is 23.9 Å². The number of piperidine rings is 1. The zero-order valence-corrected chi connectivity index (χ0v) is 20.4. The van der Waals surface area contributed by atoms with Crippen molar-refractivity contribution in [3.63, 3.8) is 0 Å². The molecule has 0 saturated carbocycles. The highest BCUT2D eigenvalue weighted by atomic mass is 16.5.